The zero-order valence-electron chi connectivity index (χ0n) is 18.3. The van der Waals surface area contributed by atoms with Crippen LogP contribution in [0, 0.1) is 6.92 Å². The Labute approximate surface area is 191 Å². The molecule has 3 aromatic heterocycles. The lowest BCUT2D eigenvalue weighted by atomic mass is 10.1. The minimum Gasteiger partial charge on any atom is -0.497 e. The third-order valence-electron chi connectivity index (χ3n) is 4.91. The highest BCUT2D eigenvalue weighted by atomic mass is 16.5. The number of aromatic nitrogens is 5. The number of hydrogen-bond donors (Lipinski definition) is 2. The van der Waals surface area contributed by atoms with Gasteiger partial charge in [-0.3, -0.25) is 9.78 Å². The molecular weight excluding hydrogens is 418 g/mol. The summed E-state index contributed by atoms with van der Waals surface area (Å²) in [5, 5.41) is 14.8. The Morgan fingerprint density at radius 3 is 2.67 bits per heavy atom. The molecule has 4 aromatic rings. The SMILES string of the molecule is COc1ccnc(CNC(=O)c2cccc(NCc3cc(C)c(-c4ccncn4)nn3)c2)c1. The summed E-state index contributed by atoms with van der Waals surface area (Å²) in [6, 6.07) is 14.6. The van der Waals surface area contributed by atoms with Crippen LogP contribution >= 0.6 is 0 Å². The highest BCUT2D eigenvalue weighted by Gasteiger charge is 2.09. The van der Waals surface area contributed by atoms with Crippen molar-refractivity contribution in [2.75, 3.05) is 12.4 Å². The molecular formula is C24H23N7O2. The average Bonchev–Trinajstić information content (AvgIpc) is 2.87. The highest BCUT2D eigenvalue weighted by molar-refractivity contribution is 5.95. The summed E-state index contributed by atoms with van der Waals surface area (Å²) in [4.78, 5) is 25.0. The molecule has 166 valence electrons. The van der Waals surface area contributed by atoms with Crippen molar-refractivity contribution in [2.24, 2.45) is 0 Å². The fourth-order valence-corrected chi connectivity index (χ4v) is 3.23. The first-order valence-corrected chi connectivity index (χ1v) is 10.3. The molecule has 0 bridgehead atoms. The fraction of sp³-hybridized carbons (Fsp3) is 0.167. The molecule has 1 aromatic carbocycles. The molecule has 33 heavy (non-hydrogen) atoms. The number of hydrogen-bond acceptors (Lipinski definition) is 8. The molecule has 1 amide bonds. The van der Waals surface area contributed by atoms with Crippen molar-refractivity contribution >= 4 is 11.6 Å². The molecule has 0 saturated carbocycles. The molecule has 0 aliphatic carbocycles. The lowest BCUT2D eigenvalue weighted by Crippen LogP contribution is -2.23. The van der Waals surface area contributed by atoms with E-state index in [2.05, 4.69) is 35.8 Å². The second kappa shape index (κ2) is 10.3. The predicted octanol–water partition coefficient (Wildman–Crippen LogP) is 3.19. The van der Waals surface area contributed by atoms with Crippen LogP contribution in [0.3, 0.4) is 0 Å². The lowest BCUT2D eigenvalue weighted by molar-refractivity contribution is 0.0950. The summed E-state index contributed by atoms with van der Waals surface area (Å²) in [6.07, 6.45) is 4.81. The van der Waals surface area contributed by atoms with Gasteiger partial charge < -0.3 is 15.4 Å². The second-order valence-electron chi connectivity index (χ2n) is 7.27. The zero-order chi connectivity index (χ0) is 23.0. The Morgan fingerprint density at radius 2 is 1.88 bits per heavy atom. The van der Waals surface area contributed by atoms with Crippen molar-refractivity contribution in [2.45, 2.75) is 20.0 Å². The summed E-state index contributed by atoms with van der Waals surface area (Å²) in [5.41, 5.74) is 5.29. The highest BCUT2D eigenvalue weighted by Crippen LogP contribution is 2.18. The largest absolute Gasteiger partial charge is 0.497 e. The molecule has 9 nitrogen and oxygen atoms in total. The third-order valence-corrected chi connectivity index (χ3v) is 4.91. The van der Waals surface area contributed by atoms with Gasteiger partial charge in [-0.1, -0.05) is 6.07 Å². The molecule has 3 heterocycles. The molecule has 0 unspecified atom stereocenters. The fourth-order valence-electron chi connectivity index (χ4n) is 3.23. The average molecular weight is 441 g/mol. The Kier molecular flexibility index (Phi) is 6.79. The summed E-state index contributed by atoms with van der Waals surface area (Å²) in [5.74, 6) is 0.511. The van der Waals surface area contributed by atoms with E-state index in [9.17, 15) is 4.79 Å². The number of anilines is 1. The Hall–Kier alpha value is -4.40. The number of rotatable bonds is 8. The summed E-state index contributed by atoms with van der Waals surface area (Å²) in [6.45, 7) is 2.75. The topological polar surface area (TPSA) is 115 Å². The first kappa shape index (κ1) is 21.8. The van der Waals surface area contributed by atoms with E-state index in [1.54, 1.807) is 49.8 Å². The van der Waals surface area contributed by atoms with Crippen molar-refractivity contribution in [3.05, 3.63) is 89.8 Å². The number of nitrogens with zero attached hydrogens (tertiary/aromatic N) is 5. The van der Waals surface area contributed by atoms with E-state index < -0.39 is 0 Å². The Balaban J connectivity index is 1.37. The number of nitrogens with one attached hydrogen (secondary N) is 2. The maximum absolute atomic E-state index is 12.6. The smallest absolute Gasteiger partial charge is 0.251 e. The number of amides is 1. The van der Waals surface area contributed by atoms with E-state index in [0.717, 1.165) is 34.0 Å². The standard InChI is InChI=1S/C24H23N7O2/c1-16-10-20(30-31-23(16)22-7-8-25-15-29-22)14-27-18-5-3-4-17(11-18)24(32)28-13-19-12-21(33-2)6-9-26-19/h3-12,15,27H,13-14H2,1-2H3,(H,28,32). The number of ether oxygens (including phenoxy) is 1. The van der Waals surface area contributed by atoms with Crippen molar-refractivity contribution in [1.29, 1.82) is 0 Å². The monoisotopic (exact) mass is 441 g/mol. The zero-order valence-corrected chi connectivity index (χ0v) is 18.3. The maximum atomic E-state index is 12.6. The van der Waals surface area contributed by atoms with Gasteiger partial charge in [0, 0.05) is 29.7 Å². The van der Waals surface area contributed by atoms with E-state index in [1.165, 1.54) is 6.33 Å². The van der Waals surface area contributed by atoms with Crippen molar-refractivity contribution < 1.29 is 9.53 Å². The van der Waals surface area contributed by atoms with E-state index >= 15 is 0 Å². The van der Waals surface area contributed by atoms with Crippen LogP contribution in [0.1, 0.15) is 27.3 Å². The predicted molar refractivity (Wildman–Crippen MR) is 124 cm³/mol. The first-order valence-electron chi connectivity index (χ1n) is 10.3. The van der Waals surface area contributed by atoms with Gasteiger partial charge in [-0.2, -0.15) is 5.10 Å². The van der Waals surface area contributed by atoms with Crippen LogP contribution in [0.25, 0.3) is 11.4 Å². The number of methoxy groups -OCH3 is 1. The molecule has 0 fully saturated rings. The number of carbonyl (C=O) groups excluding carboxylic acids is 1. The van der Waals surface area contributed by atoms with Crippen LogP contribution in [0.4, 0.5) is 5.69 Å². The molecule has 0 saturated heterocycles. The van der Waals surface area contributed by atoms with Gasteiger partial charge in [0.15, 0.2) is 0 Å². The van der Waals surface area contributed by atoms with Crippen LogP contribution in [0.15, 0.2) is 67.3 Å². The van der Waals surface area contributed by atoms with Gasteiger partial charge in [0.25, 0.3) is 5.91 Å². The molecule has 9 heteroatoms. The summed E-state index contributed by atoms with van der Waals surface area (Å²) >= 11 is 0. The first-order chi connectivity index (χ1) is 16.1. The molecule has 0 radical (unpaired) electrons. The van der Waals surface area contributed by atoms with Gasteiger partial charge >= 0.3 is 0 Å². The minimum absolute atomic E-state index is 0.187. The minimum atomic E-state index is -0.187. The van der Waals surface area contributed by atoms with Gasteiger partial charge in [0.05, 0.1) is 37.3 Å². The van der Waals surface area contributed by atoms with Crippen molar-refractivity contribution in [3.8, 4) is 17.1 Å². The Morgan fingerprint density at radius 1 is 0.970 bits per heavy atom. The van der Waals surface area contributed by atoms with Gasteiger partial charge in [-0.25, -0.2) is 9.97 Å². The second-order valence-corrected chi connectivity index (χ2v) is 7.27. The summed E-state index contributed by atoms with van der Waals surface area (Å²) in [7, 11) is 1.59. The number of benzene rings is 1. The maximum Gasteiger partial charge on any atom is 0.251 e. The van der Waals surface area contributed by atoms with Crippen molar-refractivity contribution in [1.82, 2.24) is 30.5 Å². The van der Waals surface area contributed by atoms with Crippen LogP contribution in [-0.4, -0.2) is 38.2 Å². The molecule has 0 atom stereocenters. The number of carbonyl (C=O) groups is 1. The Bertz CT molecular complexity index is 1250. The quantitative estimate of drug-likeness (QED) is 0.428. The van der Waals surface area contributed by atoms with Gasteiger partial charge in [0.1, 0.15) is 17.8 Å². The van der Waals surface area contributed by atoms with Crippen LogP contribution < -0.4 is 15.4 Å². The van der Waals surface area contributed by atoms with E-state index in [4.69, 9.17) is 4.74 Å². The van der Waals surface area contributed by atoms with Gasteiger partial charge in [0.2, 0.25) is 0 Å². The van der Waals surface area contributed by atoms with Crippen LogP contribution in [0.5, 0.6) is 5.75 Å². The third kappa shape index (κ3) is 5.65. The molecule has 2 N–H and O–H groups in total. The number of aryl methyl sites for hydroxylation is 1. The normalized spacial score (nSPS) is 10.5. The molecule has 0 aliphatic heterocycles. The lowest BCUT2D eigenvalue weighted by Gasteiger charge is -2.10. The molecule has 0 spiro atoms. The van der Waals surface area contributed by atoms with Gasteiger partial charge in [-0.15, -0.1) is 5.10 Å². The van der Waals surface area contributed by atoms with Crippen LogP contribution in [-0.2, 0) is 13.1 Å². The van der Waals surface area contributed by atoms with Crippen molar-refractivity contribution in [3.63, 3.8) is 0 Å². The van der Waals surface area contributed by atoms with Crippen LogP contribution in [0.2, 0.25) is 0 Å². The number of pyridine rings is 1. The van der Waals surface area contributed by atoms with E-state index in [-0.39, 0.29) is 5.91 Å². The van der Waals surface area contributed by atoms with E-state index in [1.807, 2.05) is 25.1 Å². The van der Waals surface area contributed by atoms with E-state index in [0.29, 0.717) is 24.4 Å². The molecule has 4 rings (SSSR count). The summed E-state index contributed by atoms with van der Waals surface area (Å²) < 4.78 is 5.19. The van der Waals surface area contributed by atoms with Gasteiger partial charge in [-0.05, 0) is 48.9 Å². The molecule has 0 aliphatic rings.